The summed E-state index contributed by atoms with van der Waals surface area (Å²) < 4.78 is 5.11. The molecule has 1 aromatic heterocycles. The molecule has 0 radical (unpaired) electrons. The van der Waals surface area contributed by atoms with Gasteiger partial charge in [-0.3, -0.25) is 4.79 Å². The minimum atomic E-state index is -0.804. The van der Waals surface area contributed by atoms with Gasteiger partial charge >= 0.3 is 0 Å². The molecular formula is C15H20ClN3O3S. The summed E-state index contributed by atoms with van der Waals surface area (Å²) in [5, 5.41) is 15.3. The number of nitrogens with zero attached hydrogens (tertiary/aromatic N) is 1. The topological polar surface area (TPSA) is 97.5 Å². The molecule has 1 atom stereocenters. The first-order chi connectivity index (χ1) is 10.6. The molecule has 6 nitrogen and oxygen atoms in total. The van der Waals surface area contributed by atoms with Crippen LogP contribution in [0.15, 0.2) is 29.6 Å². The quantitative estimate of drug-likeness (QED) is 0.698. The molecule has 23 heavy (non-hydrogen) atoms. The zero-order chi connectivity index (χ0) is 15.9. The molecule has 0 fully saturated rings. The number of aliphatic hydroxyl groups excluding tert-OH is 1. The van der Waals surface area contributed by atoms with Gasteiger partial charge < -0.3 is 20.9 Å². The highest BCUT2D eigenvalue weighted by Crippen LogP contribution is 2.18. The molecule has 0 aliphatic carbocycles. The van der Waals surface area contributed by atoms with Crippen LogP contribution in [-0.2, 0) is 6.42 Å². The van der Waals surface area contributed by atoms with Crippen molar-refractivity contribution in [3.63, 3.8) is 0 Å². The molecular weight excluding hydrogens is 338 g/mol. The van der Waals surface area contributed by atoms with Gasteiger partial charge in [0.2, 0.25) is 0 Å². The van der Waals surface area contributed by atoms with Crippen LogP contribution in [0.2, 0.25) is 0 Å². The first-order valence-electron chi connectivity index (χ1n) is 6.88. The van der Waals surface area contributed by atoms with Crippen molar-refractivity contribution >= 4 is 29.7 Å². The number of benzene rings is 1. The Bertz CT molecular complexity index is 636. The normalized spacial score (nSPS) is 11.4. The third-order valence-corrected chi connectivity index (χ3v) is 3.99. The Morgan fingerprint density at radius 2 is 2.30 bits per heavy atom. The lowest BCUT2D eigenvalue weighted by Gasteiger charge is -2.12. The number of hydrogen-bond acceptors (Lipinski definition) is 6. The van der Waals surface area contributed by atoms with Gasteiger partial charge in [-0.25, -0.2) is 4.98 Å². The zero-order valence-corrected chi connectivity index (χ0v) is 14.3. The van der Waals surface area contributed by atoms with E-state index in [0.29, 0.717) is 30.0 Å². The van der Waals surface area contributed by atoms with Gasteiger partial charge in [0.25, 0.3) is 5.91 Å². The van der Waals surface area contributed by atoms with E-state index < -0.39 is 6.10 Å². The Balaban J connectivity index is 0.00000264. The van der Waals surface area contributed by atoms with Crippen LogP contribution in [0.25, 0.3) is 0 Å². The van der Waals surface area contributed by atoms with E-state index in [1.165, 1.54) is 11.3 Å². The highest BCUT2D eigenvalue weighted by atomic mass is 35.5. The summed E-state index contributed by atoms with van der Waals surface area (Å²) in [7, 11) is 1.56. The summed E-state index contributed by atoms with van der Waals surface area (Å²) in [5.74, 6) is 0.357. The number of aliphatic hydroxyl groups is 1. The maximum Gasteiger partial charge on any atom is 0.270 e. The number of methoxy groups -OCH3 is 1. The Labute approximate surface area is 145 Å². The van der Waals surface area contributed by atoms with E-state index in [0.717, 1.165) is 5.01 Å². The lowest BCUT2D eigenvalue weighted by molar-refractivity contribution is 0.0912. The Morgan fingerprint density at radius 1 is 1.52 bits per heavy atom. The van der Waals surface area contributed by atoms with Crippen molar-refractivity contribution in [2.24, 2.45) is 5.73 Å². The van der Waals surface area contributed by atoms with E-state index in [4.69, 9.17) is 10.5 Å². The van der Waals surface area contributed by atoms with Gasteiger partial charge in [0.15, 0.2) is 0 Å². The summed E-state index contributed by atoms with van der Waals surface area (Å²) in [6.45, 7) is 0.610. The van der Waals surface area contributed by atoms with Crippen molar-refractivity contribution < 1.29 is 14.6 Å². The van der Waals surface area contributed by atoms with E-state index >= 15 is 0 Å². The molecule has 4 N–H and O–H groups in total. The van der Waals surface area contributed by atoms with Crippen molar-refractivity contribution in [3.05, 3.63) is 45.9 Å². The van der Waals surface area contributed by atoms with Crippen molar-refractivity contribution in [1.29, 1.82) is 0 Å². The number of amides is 1. The summed E-state index contributed by atoms with van der Waals surface area (Å²) in [6, 6.07) is 7.10. The molecule has 0 saturated carbocycles. The molecule has 0 aliphatic heterocycles. The molecule has 1 aromatic carbocycles. The predicted octanol–water partition coefficient (Wildman–Crippen LogP) is 1.54. The molecule has 1 unspecified atom stereocenters. The van der Waals surface area contributed by atoms with Gasteiger partial charge in [-0.15, -0.1) is 23.7 Å². The van der Waals surface area contributed by atoms with Gasteiger partial charge in [-0.05, 0) is 24.2 Å². The second-order valence-corrected chi connectivity index (χ2v) is 5.61. The van der Waals surface area contributed by atoms with Crippen molar-refractivity contribution in [2.45, 2.75) is 12.5 Å². The van der Waals surface area contributed by atoms with Crippen LogP contribution in [0.4, 0.5) is 0 Å². The fourth-order valence-corrected chi connectivity index (χ4v) is 2.69. The molecule has 126 valence electrons. The van der Waals surface area contributed by atoms with Crippen LogP contribution < -0.4 is 15.8 Å². The lowest BCUT2D eigenvalue weighted by Crippen LogP contribution is -2.28. The van der Waals surface area contributed by atoms with Gasteiger partial charge in [0.1, 0.15) is 11.4 Å². The molecule has 0 bridgehead atoms. The monoisotopic (exact) mass is 357 g/mol. The van der Waals surface area contributed by atoms with Gasteiger partial charge in [-0.2, -0.15) is 0 Å². The van der Waals surface area contributed by atoms with Crippen LogP contribution in [0.1, 0.15) is 27.2 Å². The van der Waals surface area contributed by atoms with E-state index in [-0.39, 0.29) is 24.9 Å². The summed E-state index contributed by atoms with van der Waals surface area (Å²) in [4.78, 5) is 16.2. The number of halogens is 1. The standard InChI is InChI=1S/C15H19N3O3S.ClH/c1-21-11-4-2-3-10(7-11)13(19)8-17-15(20)12-9-22-14(18-12)5-6-16;/h2-4,7,9,13,19H,5-6,8,16H2,1H3,(H,17,20);1H. The predicted molar refractivity (Wildman–Crippen MR) is 92.4 cm³/mol. The number of ether oxygens (including phenoxy) is 1. The fourth-order valence-electron chi connectivity index (χ4n) is 1.90. The van der Waals surface area contributed by atoms with E-state index in [1.54, 1.807) is 36.8 Å². The third kappa shape index (κ3) is 5.47. The Kier molecular flexibility index (Phi) is 7.97. The second kappa shape index (κ2) is 9.46. The minimum Gasteiger partial charge on any atom is -0.497 e. The van der Waals surface area contributed by atoms with Crippen molar-refractivity contribution in [2.75, 3.05) is 20.2 Å². The first-order valence-corrected chi connectivity index (χ1v) is 7.76. The third-order valence-electron chi connectivity index (χ3n) is 3.08. The number of thiazole rings is 1. The highest BCUT2D eigenvalue weighted by molar-refractivity contribution is 7.09. The summed E-state index contributed by atoms with van der Waals surface area (Å²) in [5.41, 5.74) is 6.49. The first kappa shape index (κ1) is 19.4. The van der Waals surface area contributed by atoms with Gasteiger partial charge in [-0.1, -0.05) is 12.1 Å². The van der Waals surface area contributed by atoms with Crippen molar-refractivity contribution in [1.82, 2.24) is 10.3 Å². The number of nitrogens with two attached hydrogens (primary N) is 1. The van der Waals surface area contributed by atoms with Crippen LogP contribution in [0.5, 0.6) is 5.75 Å². The second-order valence-electron chi connectivity index (χ2n) is 4.67. The number of rotatable bonds is 7. The summed E-state index contributed by atoms with van der Waals surface area (Å²) >= 11 is 1.41. The Morgan fingerprint density at radius 3 is 3.00 bits per heavy atom. The van der Waals surface area contributed by atoms with Crippen molar-refractivity contribution in [3.8, 4) is 5.75 Å². The SMILES string of the molecule is COc1cccc(C(O)CNC(=O)c2csc(CCN)n2)c1.Cl. The molecule has 1 amide bonds. The molecule has 0 aliphatic rings. The maximum absolute atomic E-state index is 12.0. The largest absolute Gasteiger partial charge is 0.497 e. The number of nitrogens with one attached hydrogen (secondary N) is 1. The van der Waals surface area contributed by atoms with E-state index in [2.05, 4.69) is 10.3 Å². The minimum absolute atomic E-state index is 0. The fraction of sp³-hybridized carbons (Fsp3) is 0.333. The van der Waals surface area contributed by atoms with E-state index in [9.17, 15) is 9.90 Å². The van der Waals surface area contributed by atoms with Crippen LogP contribution in [0.3, 0.4) is 0 Å². The molecule has 8 heteroatoms. The molecule has 2 rings (SSSR count). The highest BCUT2D eigenvalue weighted by Gasteiger charge is 2.14. The number of carbonyl (C=O) groups excluding carboxylic acids is 1. The number of aromatic nitrogens is 1. The molecule has 0 saturated heterocycles. The molecule has 2 aromatic rings. The van der Waals surface area contributed by atoms with E-state index in [1.807, 2.05) is 0 Å². The lowest BCUT2D eigenvalue weighted by atomic mass is 10.1. The smallest absolute Gasteiger partial charge is 0.270 e. The molecule has 0 spiro atoms. The van der Waals surface area contributed by atoms with Gasteiger partial charge in [0, 0.05) is 18.3 Å². The maximum atomic E-state index is 12.0. The van der Waals surface area contributed by atoms with Crippen LogP contribution in [0, 0.1) is 0 Å². The molecule has 1 heterocycles. The zero-order valence-electron chi connectivity index (χ0n) is 12.7. The number of carbonyl (C=O) groups is 1. The van der Waals surface area contributed by atoms with Gasteiger partial charge in [0.05, 0.1) is 18.2 Å². The number of hydrogen-bond donors (Lipinski definition) is 3. The Hall–Kier alpha value is -1.67. The average Bonchev–Trinajstić information content (AvgIpc) is 3.01. The van der Waals surface area contributed by atoms with Crippen LogP contribution >= 0.6 is 23.7 Å². The summed E-state index contributed by atoms with van der Waals surface area (Å²) in [6.07, 6.45) is -0.147. The van der Waals surface area contributed by atoms with Crippen LogP contribution in [-0.4, -0.2) is 36.2 Å². The average molecular weight is 358 g/mol.